The SMILES string of the molecule is CCc1c2c(nc3ccc(OC(=O)N(C)CCNC=O)cc13)-c1cc3c(c(=O)n1C2)COC(=O)C3OC. The van der Waals surface area contributed by atoms with Gasteiger partial charge in [0, 0.05) is 43.8 Å². The second kappa shape index (κ2) is 9.66. The molecule has 2 aliphatic rings. The molecule has 1 atom stereocenters. The summed E-state index contributed by atoms with van der Waals surface area (Å²) in [6.07, 6.45) is -0.262. The first kappa shape index (κ1) is 24.4. The third-order valence-electron chi connectivity index (χ3n) is 6.81. The summed E-state index contributed by atoms with van der Waals surface area (Å²) in [5.74, 6) is -0.156. The molecule has 0 bridgehead atoms. The van der Waals surface area contributed by atoms with Crippen LogP contribution in [0.25, 0.3) is 22.3 Å². The Morgan fingerprint density at radius 3 is 2.84 bits per heavy atom. The number of cyclic esters (lactones) is 1. The van der Waals surface area contributed by atoms with Crippen molar-refractivity contribution in [1.29, 1.82) is 0 Å². The molecule has 192 valence electrons. The number of hydrogen-bond acceptors (Lipinski definition) is 8. The number of aryl methyl sites for hydroxylation is 1. The van der Waals surface area contributed by atoms with E-state index in [9.17, 15) is 19.2 Å². The summed E-state index contributed by atoms with van der Waals surface area (Å²) in [5.41, 5.74) is 4.62. The molecule has 4 heterocycles. The predicted molar refractivity (Wildman–Crippen MR) is 132 cm³/mol. The number of nitrogens with zero attached hydrogens (tertiary/aromatic N) is 3. The molecule has 2 amide bonds. The lowest BCUT2D eigenvalue weighted by Gasteiger charge is -2.24. The van der Waals surface area contributed by atoms with Gasteiger partial charge >= 0.3 is 12.1 Å². The summed E-state index contributed by atoms with van der Waals surface area (Å²) in [6, 6.07) is 7.03. The second-order valence-corrected chi connectivity index (χ2v) is 8.89. The number of hydrogen-bond donors (Lipinski definition) is 1. The van der Waals surface area contributed by atoms with Gasteiger partial charge in [0.25, 0.3) is 5.56 Å². The predicted octanol–water partition coefficient (Wildman–Crippen LogP) is 1.91. The zero-order chi connectivity index (χ0) is 26.3. The molecule has 0 spiro atoms. The fourth-order valence-electron chi connectivity index (χ4n) is 4.93. The Kier molecular flexibility index (Phi) is 6.38. The van der Waals surface area contributed by atoms with Gasteiger partial charge in [-0.05, 0) is 36.2 Å². The quantitative estimate of drug-likeness (QED) is 0.229. The summed E-state index contributed by atoms with van der Waals surface area (Å²) < 4.78 is 17.7. The highest BCUT2D eigenvalue weighted by Crippen LogP contribution is 2.39. The van der Waals surface area contributed by atoms with Crippen LogP contribution in [0.5, 0.6) is 5.75 Å². The number of carbonyl (C=O) groups is 3. The van der Waals surface area contributed by atoms with Gasteiger partial charge in [-0.2, -0.15) is 0 Å². The number of likely N-dealkylation sites (N-methyl/N-ethyl adjacent to an activating group) is 1. The average Bonchev–Trinajstić information content (AvgIpc) is 3.25. The van der Waals surface area contributed by atoms with E-state index in [-0.39, 0.29) is 12.2 Å². The highest BCUT2D eigenvalue weighted by molar-refractivity contribution is 5.90. The topological polar surface area (TPSA) is 129 Å². The van der Waals surface area contributed by atoms with Crippen LogP contribution in [0.15, 0.2) is 29.1 Å². The minimum atomic E-state index is -0.956. The molecule has 0 radical (unpaired) electrons. The first-order valence-corrected chi connectivity index (χ1v) is 11.9. The van der Waals surface area contributed by atoms with Gasteiger partial charge in [-0.3, -0.25) is 9.59 Å². The van der Waals surface area contributed by atoms with Crippen molar-refractivity contribution in [2.45, 2.75) is 32.6 Å². The van der Waals surface area contributed by atoms with Crippen LogP contribution in [0, 0.1) is 0 Å². The van der Waals surface area contributed by atoms with Crippen molar-refractivity contribution in [3.8, 4) is 17.1 Å². The number of amides is 2. The molecule has 1 N–H and O–H groups in total. The van der Waals surface area contributed by atoms with E-state index >= 15 is 0 Å². The maximum Gasteiger partial charge on any atom is 0.415 e. The minimum absolute atomic E-state index is 0.0894. The Labute approximate surface area is 211 Å². The largest absolute Gasteiger partial charge is 0.458 e. The van der Waals surface area contributed by atoms with Crippen LogP contribution < -0.4 is 15.6 Å². The summed E-state index contributed by atoms with van der Waals surface area (Å²) in [7, 11) is 2.99. The van der Waals surface area contributed by atoms with Crippen LogP contribution in [0.2, 0.25) is 0 Å². The van der Waals surface area contributed by atoms with Crippen molar-refractivity contribution < 1.29 is 28.6 Å². The molecular formula is C26H26N4O7. The number of carbonyl (C=O) groups excluding carboxylic acids is 3. The fraction of sp³-hybridized carbons (Fsp3) is 0.346. The smallest absolute Gasteiger partial charge is 0.415 e. The molecule has 0 aliphatic carbocycles. The molecule has 3 aromatic rings. The Morgan fingerprint density at radius 2 is 2.11 bits per heavy atom. The number of rotatable bonds is 7. The highest BCUT2D eigenvalue weighted by atomic mass is 16.6. The van der Waals surface area contributed by atoms with E-state index < -0.39 is 18.2 Å². The highest BCUT2D eigenvalue weighted by Gasteiger charge is 2.35. The van der Waals surface area contributed by atoms with Crippen molar-refractivity contribution in [3.05, 3.63) is 56.9 Å². The van der Waals surface area contributed by atoms with Crippen LogP contribution in [-0.4, -0.2) is 60.2 Å². The number of ether oxygens (including phenoxy) is 3. The lowest BCUT2D eigenvalue weighted by molar-refractivity contribution is -0.159. The van der Waals surface area contributed by atoms with E-state index in [0.29, 0.717) is 66.2 Å². The van der Waals surface area contributed by atoms with Crippen molar-refractivity contribution in [1.82, 2.24) is 19.8 Å². The third kappa shape index (κ3) is 4.10. The van der Waals surface area contributed by atoms with Gasteiger partial charge in [-0.25, -0.2) is 14.6 Å². The maximum absolute atomic E-state index is 13.4. The lowest BCUT2D eigenvalue weighted by atomic mass is 9.97. The van der Waals surface area contributed by atoms with Gasteiger partial charge in [0.15, 0.2) is 6.10 Å². The number of fused-ring (bicyclic) bond motifs is 5. The van der Waals surface area contributed by atoms with Gasteiger partial charge in [0.2, 0.25) is 6.41 Å². The van der Waals surface area contributed by atoms with Crippen molar-refractivity contribution in [2.75, 3.05) is 27.2 Å². The molecular weight excluding hydrogens is 480 g/mol. The monoisotopic (exact) mass is 506 g/mol. The van der Waals surface area contributed by atoms with E-state index in [1.165, 1.54) is 12.0 Å². The van der Waals surface area contributed by atoms with Crippen LogP contribution in [0.3, 0.4) is 0 Å². The van der Waals surface area contributed by atoms with Crippen molar-refractivity contribution in [2.24, 2.45) is 0 Å². The van der Waals surface area contributed by atoms with Crippen LogP contribution in [0.4, 0.5) is 4.79 Å². The normalized spacial score (nSPS) is 15.4. The molecule has 37 heavy (non-hydrogen) atoms. The van der Waals surface area contributed by atoms with Gasteiger partial charge in [0.05, 0.1) is 29.0 Å². The maximum atomic E-state index is 13.4. The van der Waals surface area contributed by atoms with Crippen molar-refractivity contribution in [3.63, 3.8) is 0 Å². The van der Waals surface area contributed by atoms with E-state index in [1.807, 2.05) is 6.92 Å². The molecule has 11 nitrogen and oxygen atoms in total. The van der Waals surface area contributed by atoms with E-state index in [4.69, 9.17) is 19.2 Å². The lowest BCUT2D eigenvalue weighted by Crippen LogP contribution is -2.35. The Hall–Kier alpha value is -4.25. The molecule has 5 rings (SSSR count). The molecule has 0 saturated carbocycles. The van der Waals surface area contributed by atoms with Gasteiger partial charge in [0.1, 0.15) is 12.4 Å². The molecule has 2 aromatic heterocycles. The summed E-state index contributed by atoms with van der Waals surface area (Å²) >= 11 is 0. The summed E-state index contributed by atoms with van der Waals surface area (Å²) in [5, 5.41) is 3.33. The Bertz CT molecular complexity index is 1500. The van der Waals surface area contributed by atoms with Gasteiger partial charge < -0.3 is 29.0 Å². The first-order valence-electron chi connectivity index (χ1n) is 11.9. The van der Waals surface area contributed by atoms with Gasteiger partial charge in [-0.1, -0.05) is 6.92 Å². The summed E-state index contributed by atoms with van der Waals surface area (Å²) in [6.45, 7) is 2.89. The minimum Gasteiger partial charge on any atom is -0.458 e. The number of benzene rings is 1. The van der Waals surface area contributed by atoms with Crippen molar-refractivity contribution >= 4 is 29.4 Å². The molecule has 2 aliphatic heterocycles. The average molecular weight is 507 g/mol. The number of methoxy groups -OCH3 is 1. The second-order valence-electron chi connectivity index (χ2n) is 8.89. The van der Waals surface area contributed by atoms with E-state index in [1.54, 1.807) is 35.9 Å². The Morgan fingerprint density at radius 1 is 1.30 bits per heavy atom. The number of pyridine rings is 2. The van der Waals surface area contributed by atoms with Crippen LogP contribution in [0.1, 0.15) is 35.3 Å². The number of nitrogens with one attached hydrogen (secondary N) is 1. The molecule has 0 fully saturated rings. The van der Waals surface area contributed by atoms with Gasteiger partial charge in [-0.15, -0.1) is 0 Å². The molecule has 0 saturated heterocycles. The molecule has 1 aromatic carbocycles. The summed E-state index contributed by atoms with van der Waals surface area (Å²) in [4.78, 5) is 54.7. The number of aromatic nitrogens is 2. The fourth-order valence-corrected chi connectivity index (χ4v) is 4.93. The zero-order valence-corrected chi connectivity index (χ0v) is 20.7. The van der Waals surface area contributed by atoms with E-state index in [2.05, 4.69) is 5.32 Å². The third-order valence-corrected chi connectivity index (χ3v) is 6.81. The Balaban J connectivity index is 1.54. The number of esters is 1. The van der Waals surface area contributed by atoms with Crippen LogP contribution in [-0.2, 0) is 38.6 Å². The van der Waals surface area contributed by atoms with Crippen LogP contribution >= 0.6 is 0 Å². The first-order chi connectivity index (χ1) is 17.9. The molecule has 1 unspecified atom stereocenters. The zero-order valence-electron chi connectivity index (χ0n) is 20.7. The molecule has 11 heteroatoms. The standard InChI is InChI=1S/C26H26N4O7/c1-4-15-16-9-14(37-26(34)29(2)8-7-27-13-31)5-6-20(16)28-22-18(15)11-30-21(22)10-17-19(24(30)32)12-36-25(33)23(17)35-3/h5-6,9-10,13,23H,4,7-8,11-12H2,1-3H3,(H,27,31). The van der Waals surface area contributed by atoms with E-state index in [0.717, 1.165) is 16.5 Å².